The monoisotopic (exact) mass is 294 g/mol. The number of amides is 1. The molecule has 0 aliphatic heterocycles. The molecule has 0 aliphatic carbocycles. The fourth-order valence-electron chi connectivity index (χ4n) is 1.89. The highest BCUT2D eigenvalue weighted by atomic mass is 16.1. The maximum Gasteiger partial charge on any atom is 0.258 e. The quantitative estimate of drug-likeness (QED) is 0.770. The molecule has 1 amide bonds. The van der Waals surface area contributed by atoms with Crippen LogP contribution < -0.4 is 10.6 Å². The molecule has 1 aromatic carbocycles. The molecule has 3 rings (SSSR count). The Morgan fingerprint density at radius 2 is 1.91 bits per heavy atom. The first-order chi connectivity index (χ1) is 10.7. The van der Waals surface area contributed by atoms with Crippen LogP contribution in [0, 0.1) is 0 Å². The van der Waals surface area contributed by atoms with Crippen LogP contribution in [0.1, 0.15) is 10.4 Å². The Balaban J connectivity index is 1.76. The maximum atomic E-state index is 12.2. The number of rotatable bonds is 4. The van der Waals surface area contributed by atoms with Gasteiger partial charge in [-0.25, -0.2) is 15.0 Å². The molecular formula is C15H14N6O. The first-order valence-corrected chi connectivity index (χ1v) is 6.65. The molecule has 0 bridgehead atoms. The van der Waals surface area contributed by atoms with Gasteiger partial charge in [-0.05, 0) is 24.3 Å². The van der Waals surface area contributed by atoms with Crippen molar-refractivity contribution in [3.05, 3.63) is 60.7 Å². The van der Waals surface area contributed by atoms with Gasteiger partial charge in [0.15, 0.2) is 0 Å². The molecule has 7 nitrogen and oxygen atoms in total. The molecule has 2 aromatic heterocycles. The minimum atomic E-state index is -0.230. The number of carbonyl (C=O) groups excluding carboxylic acids is 1. The van der Waals surface area contributed by atoms with Crippen molar-refractivity contribution in [3.63, 3.8) is 0 Å². The highest BCUT2D eigenvalue weighted by Gasteiger charge is 2.09. The molecular weight excluding hydrogens is 280 g/mol. The molecule has 0 atom stereocenters. The van der Waals surface area contributed by atoms with E-state index in [9.17, 15) is 4.79 Å². The number of nitrogens with zero attached hydrogens (tertiary/aromatic N) is 4. The average Bonchev–Trinajstić information content (AvgIpc) is 2.94. The van der Waals surface area contributed by atoms with Crippen LogP contribution in [0.15, 0.2) is 55.1 Å². The van der Waals surface area contributed by atoms with Gasteiger partial charge < -0.3 is 9.88 Å². The van der Waals surface area contributed by atoms with Crippen molar-refractivity contribution in [2.45, 2.75) is 0 Å². The van der Waals surface area contributed by atoms with E-state index in [4.69, 9.17) is 0 Å². The molecule has 0 saturated heterocycles. The van der Waals surface area contributed by atoms with Crippen LogP contribution in [0.4, 0.5) is 17.6 Å². The summed E-state index contributed by atoms with van der Waals surface area (Å²) in [6.45, 7) is 0. The molecule has 3 aromatic rings. The predicted octanol–water partition coefficient (Wildman–Crippen LogP) is 2.21. The summed E-state index contributed by atoms with van der Waals surface area (Å²) in [6.07, 6.45) is 6.68. The number of hydrogen-bond donors (Lipinski definition) is 2. The molecule has 0 spiro atoms. The van der Waals surface area contributed by atoms with E-state index >= 15 is 0 Å². The zero-order chi connectivity index (χ0) is 15.4. The van der Waals surface area contributed by atoms with Gasteiger partial charge in [0.2, 0.25) is 11.9 Å². The van der Waals surface area contributed by atoms with Gasteiger partial charge in [0.1, 0.15) is 0 Å². The van der Waals surface area contributed by atoms with E-state index in [0.717, 1.165) is 5.69 Å². The fourth-order valence-corrected chi connectivity index (χ4v) is 1.89. The Kier molecular flexibility index (Phi) is 3.78. The number of hydrogen-bond acceptors (Lipinski definition) is 5. The second-order valence-electron chi connectivity index (χ2n) is 4.59. The Morgan fingerprint density at radius 1 is 1.09 bits per heavy atom. The molecule has 2 heterocycles. The Hall–Kier alpha value is -3.22. The molecule has 0 radical (unpaired) electrons. The second kappa shape index (κ2) is 6.04. The molecule has 0 fully saturated rings. The van der Waals surface area contributed by atoms with Crippen molar-refractivity contribution in [2.24, 2.45) is 7.05 Å². The standard InChI is InChI=1S/C15H14N6O/c1-21-9-8-18-15(21)20-13(22)11-4-2-5-12(10-11)19-14-16-6-3-7-17-14/h2-10H,1H3,(H,16,17,19)(H,18,20,22). The van der Waals surface area contributed by atoms with Crippen molar-refractivity contribution >= 4 is 23.5 Å². The van der Waals surface area contributed by atoms with E-state index in [-0.39, 0.29) is 5.91 Å². The number of aryl methyl sites for hydroxylation is 1. The van der Waals surface area contributed by atoms with E-state index in [1.54, 1.807) is 53.6 Å². The van der Waals surface area contributed by atoms with Crippen molar-refractivity contribution in [3.8, 4) is 0 Å². The minimum absolute atomic E-state index is 0.230. The number of nitrogens with one attached hydrogen (secondary N) is 2. The second-order valence-corrected chi connectivity index (χ2v) is 4.59. The summed E-state index contributed by atoms with van der Waals surface area (Å²) in [4.78, 5) is 24.5. The summed E-state index contributed by atoms with van der Waals surface area (Å²) >= 11 is 0. The molecule has 0 unspecified atom stereocenters. The zero-order valence-electron chi connectivity index (χ0n) is 11.9. The molecule has 7 heteroatoms. The lowest BCUT2D eigenvalue weighted by Gasteiger charge is -2.08. The van der Waals surface area contributed by atoms with Gasteiger partial charge in [0, 0.05) is 43.1 Å². The van der Waals surface area contributed by atoms with Gasteiger partial charge in [-0.1, -0.05) is 6.07 Å². The first kappa shape index (κ1) is 13.7. The van der Waals surface area contributed by atoms with E-state index in [0.29, 0.717) is 17.5 Å². The summed E-state index contributed by atoms with van der Waals surface area (Å²) in [6, 6.07) is 8.83. The van der Waals surface area contributed by atoms with Crippen LogP contribution in [-0.2, 0) is 7.05 Å². The number of anilines is 3. The lowest BCUT2D eigenvalue weighted by molar-refractivity contribution is 0.102. The van der Waals surface area contributed by atoms with Gasteiger partial charge in [-0.15, -0.1) is 0 Å². The maximum absolute atomic E-state index is 12.2. The zero-order valence-corrected chi connectivity index (χ0v) is 11.9. The van der Waals surface area contributed by atoms with Gasteiger partial charge in [0.25, 0.3) is 5.91 Å². The number of imidazole rings is 1. The highest BCUT2D eigenvalue weighted by Crippen LogP contribution is 2.15. The van der Waals surface area contributed by atoms with E-state index in [2.05, 4.69) is 25.6 Å². The van der Waals surface area contributed by atoms with Crippen molar-refractivity contribution in [2.75, 3.05) is 10.6 Å². The van der Waals surface area contributed by atoms with Crippen LogP contribution in [0.25, 0.3) is 0 Å². The van der Waals surface area contributed by atoms with E-state index in [1.165, 1.54) is 0 Å². The summed E-state index contributed by atoms with van der Waals surface area (Å²) in [5.74, 6) is 0.742. The van der Waals surface area contributed by atoms with Gasteiger partial charge >= 0.3 is 0 Å². The van der Waals surface area contributed by atoms with Crippen LogP contribution >= 0.6 is 0 Å². The summed E-state index contributed by atoms with van der Waals surface area (Å²) < 4.78 is 1.73. The molecule has 0 aliphatic rings. The third kappa shape index (κ3) is 3.09. The van der Waals surface area contributed by atoms with Crippen molar-refractivity contribution in [1.29, 1.82) is 0 Å². The van der Waals surface area contributed by atoms with E-state index < -0.39 is 0 Å². The number of carbonyl (C=O) groups is 1. The van der Waals surface area contributed by atoms with Crippen LogP contribution in [0.3, 0.4) is 0 Å². The largest absolute Gasteiger partial charge is 0.324 e. The fraction of sp³-hybridized carbons (Fsp3) is 0.0667. The van der Waals surface area contributed by atoms with E-state index in [1.807, 2.05) is 13.1 Å². The normalized spacial score (nSPS) is 10.2. The summed E-state index contributed by atoms with van der Waals surface area (Å²) in [5.41, 5.74) is 1.25. The smallest absolute Gasteiger partial charge is 0.258 e. The average molecular weight is 294 g/mol. The molecule has 2 N–H and O–H groups in total. The summed E-state index contributed by atoms with van der Waals surface area (Å²) in [7, 11) is 1.81. The topological polar surface area (TPSA) is 84.7 Å². The summed E-state index contributed by atoms with van der Waals surface area (Å²) in [5, 5.41) is 5.80. The van der Waals surface area contributed by atoms with Crippen LogP contribution in [0.2, 0.25) is 0 Å². The number of benzene rings is 1. The van der Waals surface area contributed by atoms with Gasteiger partial charge in [-0.2, -0.15) is 0 Å². The third-order valence-electron chi connectivity index (χ3n) is 2.99. The lowest BCUT2D eigenvalue weighted by atomic mass is 10.2. The van der Waals surface area contributed by atoms with Crippen LogP contribution in [0.5, 0.6) is 0 Å². The third-order valence-corrected chi connectivity index (χ3v) is 2.99. The SMILES string of the molecule is Cn1ccnc1NC(=O)c1cccc(Nc2ncccn2)c1. The number of aromatic nitrogens is 4. The predicted molar refractivity (Wildman–Crippen MR) is 82.9 cm³/mol. The first-order valence-electron chi connectivity index (χ1n) is 6.65. The minimum Gasteiger partial charge on any atom is -0.324 e. The Morgan fingerprint density at radius 3 is 2.64 bits per heavy atom. The van der Waals surface area contributed by atoms with Crippen LogP contribution in [-0.4, -0.2) is 25.4 Å². The molecule has 0 saturated carbocycles. The highest BCUT2D eigenvalue weighted by molar-refractivity contribution is 6.04. The Labute approximate surface area is 127 Å². The van der Waals surface area contributed by atoms with Gasteiger partial charge in [0.05, 0.1) is 0 Å². The Bertz CT molecular complexity index is 783. The van der Waals surface area contributed by atoms with Gasteiger partial charge in [-0.3, -0.25) is 10.1 Å². The molecule has 22 heavy (non-hydrogen) atoms. The lowest BCUT2D eigenvalue weighted by Crippen LogP contribution is -2.15. The van der Waals surface area contributed by atoms with Crippen molar-refractivity contribution < 1.29 is 4.79 Å². The molecule has 110 valence electrons. The van der Waals surface area contributed by atoms with Crippen molar-refractivity contribution in [1.82, 2.24) is 19.5 Å².